The third kappa shape index (κ3) is 3.45. The number of H-pyrrole nitrogens is 1. The SMILES string of the molecule is Cc1c(C(=O)N2CCc3[nH]nc(-c4cccc(Cl)c4)c3C2)cnn1-c1ccc2ccccc2n1. The highest BCUT2D eigenvalue weighted by Crippen LogP contribution is 2.30. The van der Waals surface area contributed by atoms with Gasteiger partial charge < -0.3 is 4.90 Å². The van der Waals surface area contributed by atoms with Gasteiger partial charge in [-0.05, 0) is 37.3 Å². The lowest BCUT2D eigenvalue weighted by Gasteiger charge is -2.27. The van der Waals surface area contributed by atoms with Crippen LogP contribution >= 0.6 is 11.6 Å². The number of aromatic nitrogens is 5. The summed E-state index contributed by atoms with van der Waals surface area (Å²) in [4.78, 5) is 20.1. The zero-order valence-corrected chi connectivity index (χ0v) is 19.3. The Morgan fingerprint density at radius 2 is 1.97 bits per heavy atom. The van der Waals surface area contributed by atoms with Gasteiger partial charge in [-0.3, -0.25) is 9.89 Å². The quantitative estimate of drug-likeness (QED) is 0.405. The number of carbonyl (C=O) groups excluding carboxylic acids is 1. The van der Waals surface area contributed by atoms with Gasteiger partial charge >= 0.3 is 0 Å². The molecule has 168 valence electrons. The molecule has 6 rings (SSSR count). The highest BCUT2D eigenvalue weighted by atomic mass is 35.5. The van der Waals surface area contributed by atoms with E-state index in [-0.39, 0.29) is 5.91 Å². The highest BCUT2D eigenvalue weighted by Gasteiger charge is 2.28. The van der Waals surface area contributed by atoms with E-state index in [0.29, 0.717) is 35.9 Å². The van der Waals surface area contributed by atoms with E-state index in [4.69, 9.17) is 16.6 Å². The van der Waals surface area contributed by atoms with Gasteiger partial charge in [0.1, 0.15) is 0 Å². The smallest absolute Gasteiger partial charge is 0.257 e. The van der Waals surface area contributed by atoms with Gasteiger partial charge in [-0.2, -0.15) is 10.2 Å². The normalized spacial score (nSPS) is 13.3. The van der Waals surface area contributed by atoms with Gasteiger partial charge in [-0.1, -0.05) is 41.9 Å². The van der Waals surface area contributed by atoms with Crippen molar-refractivity contribution >= 4 is 28.4 Å². The molecule has 0 spiro atoms. The number of para-hydroxylation sites is 1. The van der Waals surface area contributed by atoms with Crippen LogP contribution in [0.1, 0.15) is 27.3 Å². The van der Waals surface area contributed by atoms with E-state index < -0.39 is 0 Å². The van der Waals surface area contributed by atoms with Gasteiger partial charge in [0.15, 0.2) is 5.82 Å². The Balaban J connectivity index is 1.30. The molecule has 4 heterocycles. The second-order valence-corrected chi connectivity index (χ2v) is 8.87. The van der Waals surface area contributed by atoms with Crippen molar-refractivity contribution in [2.24, 2.45) is 0 Å². The molecule has 2 aromatic carbocycles. The molecule has 1 aliphatic rings. The minimum atomic E-state index is -0.0477. The molecule has 0 saturated carbocycles. The van der Waals surface area contributed by atoms with Crippen LogP contribution in [0.4, 0.5) is 0 Å². The first-order valence-corrected chi connectivity index (χ1v) is 11.5. The summed E-state index contributed by atoms with van der Waals surface area (Å²) < 4.78 is 1.73. The largest absolute Gasteiger partial charge is 0.334 e. The van der Waals surface area contributed by atoms with E-state index in [2.05, 4.69) is 15.3 Å². The van der Waals surface area contributed by atoms with Gasteiger partial charge in [-0.15, -0.1) is 0 Å². The molecule has 3 aromatic heterocycles. The molecular formula is C26H21ClN6O. The molecule has 1 N–H and O–H groups in total. The van der Waals surface area contributed by atoms with Gasteiger partial charge in [0.2, 0.25) is 0 Å². The average molecular weight is 469 g/mol. The van der Waals surface area contributed by atoms with Crippen LogP contribution in [0.25, 0.3) is 28.0 Å². The van der Waals surface area contributed by atoms with Gasteiger partial charge in [0.25, 0.3) is 5.91 Å². The number of benzene rings is 2. The van der Waals surface area contributed by atoms with Crippen molar-refractivity contribution in [2.45, 2.75) is 19.9 Å². The highest BCUT2D eigenvalue weighted by molar-refractivity contribution is 6.30. The number of fused-ring (bicyclic) bond motifs is 2. The lowest BCUT2D eigenvalue weighted by atomic mass is 10.0. The maximum Gasteiger partial charge on any atom is 0.257 e. The Morgan fingerprint density at radius 3 is 2.85 bits per heavy atom. The number of rotatable bonds is 3. The monoisotopic (exact) mass is 468 g/mol. The maximum atomic E-state index is 13.5. The Hall–Kier alpha value is -3.97. The maximum absolute atomic E-state index is 13.5. The molecule has 1 amide bonds. The van der Waals surface area contributed by atoms with E-state index in [1.807, 2.05) is 72.5 Å². The molecule has 1 aliphatic heterocycles. The summed E-state index contributed by atoms with van der Waals surface area (Å²) in [7, 11) is 0. The molecule has 0 bridgehead atoms. The Bertz CT molecular complexity index is 1550. The zero-order chi connectivity index (χ0) is 23.2. The van der Waals surface area contributed by atoms with Gasteiger partial charge in [0, 0.05) is 46.7 Å². The first-order valence-electron chi connectivity index (χ1n) is 11.1. The van der Waals surface area contributed by atoms with Crippen molar-refractivity contribution < 1.29 is 4.79 Å². The van der Waals surface area contributed by atoms with Crippen molar-refractivity contribution in [2.75, 3.05) is 6.54 Å². The van der Waals surface area contributed by atoms with E-state index in [1.54, 1.807) is 10.9 Å². The first kappa shape index (κ1) is 20.6. The van der Waals surface area contributed by atoms with Crippen LogP contribution in [0.15, 0.2) is 66.9 Å². The fraction of sp³-hybridized carbons (Fsp3) is 0.154. The van der Waals surface area contributed by atoms with E-state index in [1.165, 1.54) is 0 Å². The van der Waals surface area contributed by atoms with Crippen LogP contribution in [0.5, 0.6) is 0 Å². The molecule has 8 heteroatoms. The number of hydrogen-bond donors (Lipinski definition) is 1. The minimum absolute atomic E-state index is 0.0477. The van der Waals surface area contributed by atoms with Crippen molar-refractivity contribution in [1.82, 2.24) is 29.9 Å². The van der Waals surface area contributed by atoms with E-state index in [9.17, 15) is 4.79 Å². The minimum Gasteiger partial charge on any atom is -0.334 e. The molecule has 0 atom stereocenters. The Labute approximate surface area is 201 Å². The third-order valence-corrected chi connectivity index (χ3v) is 6.59. The number of amides is 1. The molecule has 0 radical (unpaired) electrons. The lowest BCUT2D eigenvalue weighted by Crippen LogP contribution is -2.36. The van der Waals surface area contributed by atoms with Gasteiger partial charge in [-0.25, -0.2) is 9.67 Å². The summed E-state index contributed by atoms with van der Waals surface area (Å²) >= 11 is 6.19. The average Bonchev–Trinajstić information content (AvgIpc) is 3.46. The number of hydrogen-bond acceptors (Lipinski definition) is 4. The molecule has 0 saturated heterocycles. The summed E-state index contributed by atoms with van der Waals surface area (Å²) in [5, 5.41) is 13.9. The van der Waals surface area contributed by atoms with Crippen LogP contribution in [-0.2, 0) is 13.0 Å². The van der Waals surface area contributed by atoms with Crippen molar-refractivity contribution in [3.05, 3.63) is 94.4 Å². The van der Waals surface area contributed by atoms with Crippen molar-refractivity contribution in [3.63, 3.8) is 0 Å². The van der Waals surface area contributed by atoms with Crippen LogP contribution in [-0.4, -0.2) is 42.3 Å². The van der Waals surface area contributed by atoms with E-state index >= 15 is 0 Å². The molecule has 7 nitrogen and oxygen atoms in total. The predicted octanol–water partition coefficient (Wildman–Crippen LogP) is 4.97. The lowest BCUT2D eigenvalue weighted by molar-refractivity contribution is 0.0734. The molecule has 34 heavy (non-hydrogen) atoms. The topological polar surface area (TPSA) is 79.7 Å². The summed E-state index contributed by atoms with van der Waals surface area (Å²) in [6.07, 6.45) is 2.35. The molecular weight excluding hydrogens is 448 g/mol. The summed E-state index contributed by atoms with van der Waals surface area (Å²) in [5.41, 5.74) is 6.09. The van der Waals surface area contributed by atoms with Crippen LogP contribution in [0, 0.1) is 6.92 Å². The predicted molar refractivity (Wildman–Crippen MR) is 131 cm³/mol. The second kappa shape index (κ2) is 8.11. The van der Waals surface area contributed by atoms with Crippen LogP contribution in [0.2, 0.25) is 5.02 Å². The summed E-state index contributed by atoms with van der Waals surface area (Å²) in [6, 6.07) is 19.5. The van der Waals surface area contributed by atoms with Crippen molar-refractivity contribution in [1.29, 1.82) is 0 Å². The second-order valence-electron chi connectivity index (χ2n) is 8.43. The zero-order valence-electron chi connectivity index (χ0n) is 18.5. The number of nitrogens with one attached hydrogen (secondary N) is 1. The molecule has 0 aliphatic carbocycles. The fourth-order valence-corrected chi connectivity index (χ4v) is 4.73. The third-order valence-electron chi connectivity index (χ3n) is 6.36. The van der Waals surface area contributed by atoms with Crippen molar-refractivity contribution in [3.8, 4) is 17.1 Å². The Kier molecular flexibility index (Phi) is 4.92. The number of carbonyl (C=O) groups is 1. The number of nitrogens with zero attached hydrogens (tertiary/aromatic N) is 5. The first-order chi connectivity index (χ1) is 16.6. The number of halogens is 1. The Morgan fingerprint density at radius 1 is 1.09 bits per heavy atom. The van der Waals surface area contributed by atoms with Gasteiger partial charge in [0.05, 0.1) is 28.7 Å². The number of aromatic amines is 1. The standard InChI is InChI=1S/C26H21ClN6O/c1-16-20(14-28-33(16)24-10-9-17-5-2-3-8-22(17)29-24)26(34)32-12-11-23-21(15-32)25(31-30-23)18-6-4-7-19(27)13-18/h2-10,13-14H,11-12,15H2,1H3,(H,30,31). The molecule has 5 aromatic rings. The number of pyridine rings is 1. The van der Waals surface area contributed by atoms with Crippen LogP contribution < -0.4 is 0 Å². The van der Waals surface area contributed by atoms with E-state index in [0.717, 1.165) is 39.1 Å². The summed E-state index contributed by atoms with van der Waals surface area (Å²) in [5.74, 6) is 0.641. The molecule has 0 fully saturated rings. The molecule has 0 unspecified atom stereocenters. The van der Waals surface area contributed by atoms with Crippen LogP contribution in [0.3, 0.4) is 0 Å². The summed E-state index contributed by atoms with van der Waals surface area (Å²) in [6.45, 7) is 2.99. The fourth-order valence-electron chi connectivity index (χ4n) is 4.54.